The Morgan fingerprint density at radius 1 is 1.00 bits per heavy atom. The summed E-state index contributed by atoms with van der Waals surface area (Å²) in [5.41, 5.74) is 4.10. The van der Waals surface area contributed by atoms with E-state index in [4.69, 9.17) is 0 Å². The van der Waals surface area contributed by atoms with E-state index in [1.54, 1.807) is 0 Å². The van der Waals surface area contributed by atoms with Crippen LogP contribution < -0.4 is 5.32 Å². The first kappa shape index (κ1) is 12.0. The predicted octanol–water partition coefficient (Wildman–Crippen LogP) is 3.55. The number of hydrogen-bond acceptors (Lipinski definition) is 1. The molecule has 19 heavy (non-hydrogen) atoms. The molecule has 2 nitrogen and oxygen atoms in total. The van der Waals surface area contributed by atoms with Gasteiger partial charge in [0.2, 0.25) is 0 Å². The SMILES string of the molecule is Cc1ccccc1-c1ccccc1C(=O)NC1CC1. The summed E-state index contributed by atoms with van der Waals surface area (Å²) in [5, 5.41) is 3.06. The molecule has 0 radical (unpaired) electrons. The summed E-state index contributed by atoms with van der Waals surface area (Å²) < 4.78 is 0. The summed E-state index contributed by atoms with van der Waals surface area (Å²) in [6, 6.07) is 16.4. The van der Waals surface area contributed by atoms with E-state index < -0.39 is 0 Å². The van der Waals surface area contributed by atoms with Crippen LogP contribution in [0.1, 0.15) is 28.8 Å². The highest BCUT2D eigenvalue weighted by Gasteiger charge is 2.24. The predicted molar refractivity (Wildman–Crippen MR) is 77.1 cm³/mol. The zero-order valence-corrected chi connectivity index (χ0v) is 11.0. The normalized spacial score (nSPS) is 14.2. The highest BCUT2D eigenvalue weighted by Crippen LogP contribution is 2.27. The molecule has 2 aromatic rings. The lowest BCUT2D eigenvalue weighted by Crippen LogP contribution is -2.25. The molecule has 1 aliphatic rings. The molecule has 1 amide bonds. The van der Waals surface area contributed by atoms with Gasteiger partial charge >= 0.3 is 0 Å². The minimum Gasteiger partial charge on any atom is -0.349 e. The van der Waals surface area contributed by atoms with Gasteiger partial charge in [0.1, 0.15) is 0 Å². The Morgan fingerprint density at radius 2 is 1.63 bits per heavy atom. The van der Waals surface area contributed by atoms with Gasteiger partial charge in [-0.2, -0.15) is 0 Å². The second-order valence-electron chi connectivity index (χ2n) is 5.11. The molecular formula is C17H17NO. The number of carbonyl (C=O) groups excluding carboxylic acids is 1. The van der Waals surface area contributed by atoms with Crippen molar-refractivity contribution in [3.05, 3.63) is 59.7 Å². The molecule has 1 aliphatic carbocycles. The first-order valence-corrected chi connectivity index (χ1v) is 6.71. The first-order chi connectivity index (χ1) is 9.25. The van der Waals surface area contributed by atoms with E-state index in [9.17, 15) is 4.79 Å². The summed E-state index contributed by atoms with van der Waals surface area (Å²) in [6.07, 6.45) is 2.22. The average Bonchev–Trinajstić information content (AvgIpc) is 3.23. The molecule has 3 rings (SSSR count). The van der Waals surface area contributed by atoms with Gasteiger partial charge in [-0.05, 0) is 42.5 Å². The van der Waals surface area contributed by atoms with Crippen LogP contribution >= 0.6 is 0 Å². The number of aryl methyl sites for hydroxylation is 1. The third-order valence-corrected chi connectivity index (χ3v) is 3.52. The van der Waals surface area contributed by atoms with Gasteiger partial charge in [0.15, 0.2) is 0 Å². The number of rotatable bonds is 3. The van der Waals surface area contributed by atoms with Gasteiger partial charge in [-0.3, -0.25) is 4.79 Å². The number of hydrogen-bond donors (Lipinski definition) is 1. The van der Waals surface area contributed by atoms with Crippen molar-refractivity contribution in [2.75, 3.05) is 0 Å². The lowest BCUT2D eigenvalue weighted by molar-refractivity contribution is 0.0951. The molecule has 0 unspecified atom stereocenters. The van der Waals surface area contributed by atoms with Gasteiger partial charge in [-0.1, -0.05) is 42.5 Å². The Morgan fingerprint density at radius 3 is 2.32 bits per heavy atom. The van der Waals surface area contributed by atoms with Crippen molar-refractivity contribution >= 4 is 5.91 Å². The maximum Gasteiger partial charge on any atom is 0.252 e. The zero-order chi connectivity index (χ0) is 13.2. The van der Waals surface area contributed by atoms with Crippen LogP contribution in [0.3, 0.4) is 0 Å². The number of benzene rings is 2. The average molecular weight is 251 g/mol. The lowest BCUT2D eigenvalue weighted by Gasteiger charge is -2.11. The molecule has 1 fully saturated rings. The Bertz CT molecular complexity index is 614. The molecule has 0 aromatic heterocycles. The van der Waals surface area contributed by atoms with E-state index in [2.05, 4.69) is 24.4 Å². The smallest absolute Gasteiger partial charge is 0.252 e. The van der Waals surface area contributed by atoms with Crippen LogP contribution in [0.2, 0.25) is 0 Å². The van der Waals surface area contributed by atoms with E-state index in [0.29, 0.717) is 6.04 Å². The number of carbonyl (C=O) groups is 1. The Labute approximate surface area is 113 Å². The minimum absolute atomic E-state index is 0.0429. The van der Waals surface area contributed by atoms with Crippen molar-refractivity contribution in [3.63, 3.8) is 0 Å². The quantitative estimate of drug-likeness (QED) is 0.888. The Kier molecular flexibility index (Phi) is 3.08. The van der Waals surface area contributed by atoms with Crippen molar-refractivity contribution in [1.29, 1.82) is 0 Å². The molecule has 0 atom stereocenters. The fourth-order valence-electron chi connectivity index (χ4n) is 2.28. The molecule has 0 spiro atoms. The third-order valence-electron chi connectivity index (χ3n) is 3.52. The van der Waals surface area contributed by atoms with Crippen LogP contribution in [0.25, 0.3) is 11.1 Å². The number of nitrogens with one attached hydrogen (secondary N) is 1. The van der Waals surface area contributed by atoms with E-state index in [1.807, 2.05) is 36.4 Å². The van der Waals surface area contributed by atoms with Crippen molar-refractivity contribution < 1.29 is 4.79 Å². The van der Waals surface area contributed by atoms with Gasteiger partial charge < -0.3 is 5.32 Å². The van der Waals surface area contributed by atoms with E-state index in [0.717, 1.165) is 29.5 Å². The molecule has 0 heterocycles. The Hall–Kier alpha value is -2.09. The van der Waals surface area contributed by atoms with Crippen LogP contribution in [0.5, 0.6) is 0 Å². The molecule has 1 saturated carbocycles. The summed E-state index contributed by atoms with van der Waals surface area (Å²) in [4.78, 5) is 12.3. The highest BCUT2D eigenvalue weighted by molar-refractivity contribution is 6.01. The first-order valence-electron chi connectivity index (χ1n) is 6.71. The maximum atomic E-state index is 12.3. The van der Waals surface area contributed by atoms with Gasteiger partial charge in [0.05, 0.1) is 0 Å². The fraction of sp³-hybridized carbons (Fsp3) is 0.235. The van der Waals surface area contributed by atoms with Crippen LogP contribution in [0, 0.1) is 6.92 Å². The van der Waals surface area contributed by atoms with Crippen LogP contribution in [0.4, 0.5) is 0 Å². The fourth-order valence-corrected chi connectivity index (χ4v) is 2.28. The Balaban J connectivity index is 2.01. The largest absolute Gasteiger partial charge is 0.349 e. The van der Waals surface area contributed by atoms with E-state index >= 15 is 0 Å². The summed E-state index contributed by atoms with van der Waals surface area (Å²) in [5.74, 6) is 0.0429. The molecule has 0 saturated heterocycles. The molecule has 2 aromatic carbocycles. The summed E-state index contributed by atoms with van der Waals surface area (Å²) in [7, 11) is 0. The summed E-state index contributed by atoms with van der Waals surface area (Å²) in [6.45, 7) is 2.07. The summed E-state index contributed by atoms with van der Waals surface area (Å²) >= 11 is 0. The van der Waals surface area contributed by atoms with E-state index in [-0.39, 0.29) is 5.91 Å². The minimum atomic E-state index is 0.0429. The molecule has 2 heteroatoms. The molecule has 0 bridgehead atoms. The standard InChI is InChI=1S/C17H17NO/c1-12-6-2-3-7-14(12)15-8-4-5-9-16(15)17(19)18-13-10-11-13/h2-9,13H,10-11H2,1H3,(H,18,19). The third kappa shape index (κ3) is 2.53. The van der Waals surface area contributed by atoms with Crippen LogP contribution in [-0.4, -0.2) is 11.9 Å². The van der Waals surface area contributed by atoms with Crippen LogP contribution in [-0.2, 0) is 0 Å². The molecule has 0 aliphatic heterocycles. The second-order valence-corrected chi connectivity index (χ2v) is 5.11. The van der Waals surface area contributed by atoms with Crippen LogP contribution in [0.15, 0.2) is 48.5 Å². The van der Waals surface area contributed by atoms with Crippen molar-refractivity contribution in [3.8, 4) is 11.1 Å². The molecule has 96 valence electrons. The topological polar surface area (TPSA) is 29.1 Å². The second kappa shape index (κ2) is 4.88. The van der Waals surface area contributed by atoms with Gasteiger partial charge in [0, 0.05) is 11.6 Å². The van der Waals surface area contributed by atoms with E-state index in [1.165, 1.54) is 5.56 Å². The molecular weight excluding hydrogens is 234 g/mol. The number of amides is 1. The monoisotopic (exact) mass is 251 g/mol. The van der Waals surface area contributed by atoms with Crippen molar-refractivity contribution in [2.45, 2.75) is 25.8 Å². The zero-order valence-electron chi connectivity index (χ0n) is 11.0. The highest BCUT2D eigenvalue weighted by atomic mass is 16.1. The lowest BCUT2D eigenvalue weighted by atomic mass is 9.95. The van der Waals surface area contributed by atoms with Gasteiger partial charge in [-0.15, -0.1) is 0 Å². The van der Waals surface area contributed by atoms with Crippen molar-refractivity contribution in [1.82, 2.24) is 5.32 Å². The van der Waals surface area contributed by atoms with Gasteiger partial charge in [0.25, 0.3) is 5.91 Å². The molecule has 1 N–H and O–H groups in total. The maximum absolute atomic E-state index is 12.3. The van der Waals surface area contributed by atoms with Crippen molar-refractivity contribution in [2.24, 2.45) is 0 Å². The van der Waals surface area contributed by atoms with Gasteiger partial charge in [-0.25, -0.2) is 0 Å².